The molecule has 0 amide bonds. The Kier molecular flexibility index (Phi) is 3.08. The van der Waals surface area contributed by atoms with Crippen LogP contribution in [-0.2, 0) is 0 Å². The van der Waals surface area contributed by atoms with Gasteiger partial charge in [-0.15, -0.1) is 10.2 Å². The van der Waals surface area contributed by atoms with Crippen molar-refractivity contribution in [3.63, 3.8) is 0 Å². The zero-order chi connectivity index (χ0) is 11.2. The van der Waals surface area contributed by atoms with E-state index in [0.717, 1.165) is 0 Å². The molecule has 0 aliphatic heterocycles. The average molecular weight is 211 g/mol. The molecule has 2 aromatic rings. The topological polar surface area (TPSA) is 73.8 Å². The average Bonchev–Trinajstić information content (AvgIpc) is 2.38. The molecule has 2 rings (SSSR count). The molecule has 1 N–H and O–H groups in total. The van der Waals surface area contributed by atoms with E-state index in [4.69, 9.17) is 5.53 Å². The Balaban J connectivity index is 2.14. The fourth-order valence-electron chi connectivity index (χ4n) is 1.12. The van der Waals surface area contributed by atoms with Crippen molar-refractivity contribution in [3.8, 4) is 0 Å². The number of nitrogens with one attached hydrogen (secondary N) is 1. The lowest BCUT2D eigenvalue weighted by molar-refractivity contribution is 1.14. The summed E-state index contributed by atoms with van der Waals surface area (Å²) in [4.78, 5) is 4.02. The molecule has 5 heteroatoms. The number of hydrogen-bond donors (Lipinski definition) is 1. The smallest absolute Gasteiger partial charge is 0.174 e. The molecular weight excluding hydrogens is 202 g/mol. The van der Waals surface area contributed by atoms with Crippen LogP contribution in [0.5, 0.6) is 0 Å². The second kappa shape index (κ2) is 4.88. The molecule has 78 valence electrons. The highest BCUT2D eigenvalue weighted by Gasteiger charge is 1.91. The molecule has 0 aliphatic carbocycles. The van der Waals surface area contributed by atoms with Crippen LogP contribution in [0.25, 0.3) is 0 Å². The number of pyridine rings is 1. The number of benzene rings is 1. The van der Waals surface area contributed by atoms with Crippen molar-refractivity contribution < 1.29 is 0 Å². The minimum Gasteiger partial charge on any atom is -0.236 e. The van der Waals surface area contributed by atoms with Crippen LogP contribution in [0.4, 0.5) is 17.2 Å². The minimum atomic E-state index is 0.566. The van der Waals surface area contributed by atoms with Gasteiger partial charge in [0.1, 0.15) is 0 Å². The molecule has 0 bridgehead atoms. The first-order chi connectivity index (χ1) is 7.88. The highest BCUT2D eigenvalue weighted by molar-refractivity contribution is 5.46. The number of hydrogen-bond acceptors (Lipinski definition) is 5. The van der Waals surface area contributed by atoms with Crippen molar-refractivity contribution in [1.82, 2.24) is 4.98 Å². The Labute approximate surface area is 92.4 Å². The molecule has 0 unspecified atom stereocenters. The molecule has 1 heterocycles. The van der Waals surface area contributed by atoms with Gasteiger partial charge in [-0.05, 0) is 36.4 Å². The van der Waals surface area contributed by atoms with E-state index in [-0.39, 0.29) is 0 Å². The molecule has 0 atom stereocenters. The molecule has 0 saturated carbocycles. The van der Waals surface area contributed by atoms with Crippen LogP contribution < -0.4 is 0 Å². The summed E-state index contributed by atoms with van der Waals surface area (Å²) in [5.74, 6) is 0.566. The maximum atomic E-state index is 6.81. The van der Waals surface area contributed by atoms with Crippen molar-refractivity contribution in [2.45, 2.75) is 0 Å². The third-order valence-electron chi connectivity index (χ3n) is 1.90. The fraction of sp³-hybridized carbons (Fsp3) is 0. The van der Waals surface area contributed by atoms with E-state index in [1.165, 1.54) is 0 Å². The first kappa shape index (κ1) is 10.1. The molecule has 16 heavy (non-hydrogen) atoms. The lowest BCUT2D eigenvalue weighted by atomic mass is 10.3. The Bertz CT molecular complexity index is 490. The van der Waals surface area contributed by atoms with Gasteiger partial charge in [-0.2, -0.15) is 5.11 Å². The monoisotopic (exact) mass is 211 g/mol. The van der Waals surface area contributed by atoms with Crippen molar-refractivity contribution in [1.29, 1.82) is 5.53 Å². The van der Waals surface area contributed by atoms with Crippen LogP contribution in [-0.4, -0.2) is 4.98 Å². The Morgan fingerprint density at radius 3 is 2.25 bits per heavy atom. The summed E-state index contributed by atoms with van der Waals surface area (Å²) in [6.45, 7) is 0. The van der Waals surface area contributed by atoms with E-state index in [2.05, 4.69) is 20.3 Å². The zero-order valence-corrected chi connectivity index (χ0v) is 8.41. The van der Waals surface area contributed by atoms with E-state index in [0.29, 0.717) is 17.2 Å². The van der Waals surface area contributed by atoms with Crippen LogP contribution in [0, 0.1) is 5.53 Å². The zero-order valence-electron chi connectivity index (χ0n) is 8.41. The maximum Gasteiger partial charge on any atom is 0.174 e. The van der Waals surface area contributed by atoms with Gasteiger partial charge in [-0.3, -0.25) is 0 Å². The van der Waals surface area contributed by atoms with Crippen molar-refractivity contribution in [2.24, 2.45) is 15.3 Å². The summed E-state index contributed by atoms with van der Waals surface area (Å²) in [7, 11) is 0. The van der Waals surface area contributed by atoms with Gasteiger partial charge < -0.3 is 0 Å². The van der Waals surface area contributed by atoms with Crippen LogP contribution in [0.3, 0.4) is 0 Å². The molecular formula is C11H9N5. The Morgan fingerprint density at radius 2 is 1.62 bits per heavy atom. The number of nitrogens with zero attached hydrogens (tertiary/aromatic N) is 4. The summed E-state index contributed by atoms with van der Waals surface area (Å²) in [5, 5.41) is 11.3. The Hall–Kier alpha value is -2.43. The summed E-state index contributed by atoms with van der Waals surface area (Å²) in [6.07, 6.45) is 1.66. The second-order valence-electron chi connectivity index (χ2n) is 3.02. The van der Waals surface area contributed by atoms with Gasteiger partial charge >= 0.3 is 0 Å². The molecule has 1 aromatic carbocycles. The standard InChI is InChI=1S/C11H9N5/c12-14-9-4-6-10(7-5-9)15-16-11-3-1-2-8-13-11/h1-8,12H. The van der Waals surface area contributed by atoms with Gasteiger partial charge in [0.15, 0.2) is 5.82 Å². The predicted molar refractivity (Wildman–Crippen MR) is 59.7 cm³/mol. The quantitative estimate of drug-likeness (QED) is 0.760. The molecule has 1 aromatic heterocycles. The second-order valence-corrected chi connectivity index (χ2v) is 3.02. The van der Waals surface area contributed by atoms with E-state index in [1.807, 2.05) is 12.1 Å². The molecule has 5 nitrogen and oxygen atoms in total. The lowest BCUT2D eigenvalue weighted by Gasteiger charge is -1.93. The van der Waals surface area contributed by atoms with Crippen molar-refractivity contribution in [3.05, 3.63) is 48.7 Å². The maximum absolute atomic E-state index is 6.81. The highest BCUT2D eigenvalue weighted by atomic mass is 15.1. The van der Waals surface area contributed by atoms with Gasteiger partial charge in [0, 0.05) is 6.20 Å². The van der Waals surface area contributed by atoms with E-state index < -0.39 is 0 Å². The van der Waals surface area contributed by atoms with Crippen molar-refractivity contribution >= 4 is 17.2 Å². The molecule has 0 spiro atoms. The molecule has 0 aliphatic rings. The summed E-state index contributed by atoms with van der Waals surface area (Å²) in [5.41, 5.74) is 8.11. The molecule has 0 radical (unpaired) electrons. The normalized spacial score (nSPS) is 10.5. The largest absolute Gasteiger partial charge is 0.236 e. The number of rotatable bonds is 3. The number of azo groups is 1. The van der Waals surface area contributed by atoms with E-state index in [1.54, 1.807) is 36.5 Å². The first-order valence-electron chi connectivity index (χ1n) is 4.69. The Morgan fingerprint density at radius 1 is 0.875 bits per heavy atom. The summed E-state index contributed by atoms with van der Waals surface area (Å²) < 4.78 is 0. The van der Waals surface area contributed by atoms with Gasteiger partial charge in [0.2, 0.25) is 0 Å². The predicted octanol–water partition coefficient (Wildman–Crippen LogP) is 4.16. The fourth-order valence-corrected chi connectivity index (χ4v) is 1.12. The SMILES string of the molecule is N=Nc1ccc(N=Nc2ccccn2)cc1. The van der Waals surface area contributed by atoms with E-state index >= 15 is 0 Å². The number of aromatic nitrogens is 1. The van der Waals surface area contributed by atoms with Crippen molar-refractivity contribution in [2.75, 3.05) is 0 Å². The van der Waals surface area contributed by atoms with Gasteiger partial charge in [0.25, 0.3) is 0 Å². The summed E-state index contributed by atoms with van der Waals surface area (Å²) in [6, 6.07) is 12.4. The van der Waals surface area contributed by atoms with Gasteiger partial charge in [-0.25, -0.2) is 10.5 Å². The van der Waals surface area contributed by atoms with Crippen LogP contribution in [0.15, 0.2) is 64.0 Å². The van der Waals surface area contributed by atoms with Crippen LogP contribution in [0.1, 0.15) is 0 Å². The third kappa shape index (κ3) is 2.54. The highest BCUT2D eigenvalue weighted by Crippen LogP contribution is 2.20. The summed E-state index contributed by atoms with van der Waals surface area (Å²) >= 11 is 0. The lowest BCUT2D eigenvalue weighted by Crippen LogP contribution is -1.69. The molecule has 0 fully saturated rings. The first-order valence-corrected chi connectivity index (χ1v) is 4.69. The third-order valence-corrected chi connectivity index (χ3v) is 1.90. The minimum absolute atomic E-state index is 0.566. The van der Waals surface area contributed by atoms with Gasteiger partial charge in [0.05, 0.1) is 11.4 Å². The van der Waals surface area contributed by atoms with Crippen LogP contribution in [0.2, 0.25) is 0 Å². The molecule has 0 saturated heterocycles. The van der Waals surface area contributed by atoms with Crippen LogP contribution >= 0.6 is 0 Å². The van der Waals surface area contributed by atoms with E-state index in [9.17, 15) is 0 Å². The van der Waals surface area contributed by atoms with Gasteiger partial charge in [-0.1, -0.05) is 6.07 Å².